The predicted octanol–water partition coefficient (Wildman–Crippen LogP) is 5.23. The number of carboxylic acid groups (broad SMARTS) is 1. The molecule has 4 rings (SSSR count). The maximum absolute atomic E-state index is 13.4. The highest BCUT2D eigenvalue weighted by atomic mass is 16.4. The molecule has 0 aromatic heterocycles. The molecule has 5 heteroatoms. The number of carboxylic acids is 1. The van der Waals surface area contributed by atoms with Crippen LogP contribution in [-0.4, -0.2) is 33.8 Å². The number of amides is 2. The van der Waals surface area contributed by atoms with E-state index < -0.39 is 23.8 Å². The van der Waals surface area contributed by atoms with E-state index in [1.165, 1.54) is 0 Å². The van der Waals surface area contributed by atoms with Crippen LogP contribution >= 0.6 is 0 Å². The van der Waals surface area contributed by atoms with Crippen LogP contribution in [0.25, 0.3) is 0 Å². The first-order valence-corrected chi connectivity index (χ1v) is 12.7. The van der Waals surface area contributed by atoms with Crippen molar-refractivity contribution < 1.29 is 19.5 Å². The van der Waals surface area contributed by atoms with Crippen LogP contribution in [0, 0.1) is 18.8 Å². The summed E-state index contributed by atoms with van der Waals surface area (Å²) in [6, 6.07) is 31.8. The summed E-state index contributed by atoms with van der Waals surface area (Å²) in [4.78, 5) is 40.2. The zero-order valence-corrected chi connectivity index (χ0v) is 21.7. The number of imide groups is 1. The Balaban J connectivity index is 1.56. The number of rotatable bonds is 8. The lowest BCUT2D eigenvalue weighted by Crippen LogP contribution is -2.51. The van der Waals surface area contributed by atoms with E-state index in [-0.39, 0.29) is 19.3 Å². The molecule has 1 atom stereocenters. The van der Waals surface area contributed by atoms with E-state index in [9.17, 15) is 19.5 Å². The van der Waals surface area contributed by atoms with E-state index in [1.807, 2.05) is 55.5 Å². The van der Waals surface area contributed by atoms with Gasteiger partial charge in [0.15, 0.2) is 0 Å². The lowest BCUT2D eigenvalue weighted by molar-refractivity contribution is -0.157. The largest absolute Gasteiger partial charge is 0.480 e. The minimum Gasteiger partial charge on any atom is -0.480 e. The number of hydrogen-bond acceptors (Lipinski definition) is 3. The first kappa shape index (κ1) is 27.1. The van der Waals surface area contributed by atoms with Crippen LogP contribution in [0.1, 0.15) is 33.4 Å². The van der Waals surface area contributed by atoms with Crippen molar-refractivity contribution in [1.82, 2.24) is 4.90 Å². The van der Waals surface area contributed by atoms with Crippen LogP contribution in [0.2, 0.25) is 0 Å². The van der Waals surface area contributed by atoms with Gasteiger partial charge in [-0.15, -0.1) is 0 Å². The maximum atomic E-state index is 13.4. The quantitative estimate of drug-likeness (QED) is 0.326. The Labute approximate surface area is 228 Å². The second-order valence-corrected chi connectivity index (χ2v) is 9.35. The Morgan fingerprint density at radius 2 is 1.08 bits per heavy atom. The summed E-state index contributed by atoms with van der Waals surface area (Å²) in [6.45, 7) is 2.02. The van der Waals surface area contributed by atoms with E-state index in [0.29, 0.717) is 16.7 Å². The molecule has 0 saturated heterocycles. The average molecular weight is 516 g/mol. The molecule has 5 nitrogen and oxygen atoms in total. The van der Waals surface area contributed by atoms with Crippen molar-refractivity contribution in [3.63, 3.8) is 0 Å². The van der Waals surface area contributed by atoms with Crippen LogP contribution in [0.15, 0.2) is 109 Å². The molecular formula is C34H29NO4. The van der Waals surface area contributed by atoms with E-state index in [2.05, 4.69) is 11.8 Å². The third-order valence-electron chi connectivity index (χ3n) is 6.32. The lowest BCUT2D eigenvalue weighted by atomic mass is 10.0. The molecule has 0 unspecified atom stereocenters. The second kappa shape index (κ2) is 13.0. The van der Waals surface area contributed by atoms with E-state index in [4.69, 9.17) is 0 Å². The van der Waals surface area contributed by atoms with E-state index >= 15 is 0 Å². The van der Waals surface area contributed by atoms with Crippen LogP contribution in [-0.2, 0) is 33.6 Å². The Kier molecular flexibility index (Phi) is 9.05. The average Bonchev–Trinajstić information content (AvgIpc) is 2.94. The molecule has 0 radical (unpaired) electrons. The van der Waals surface area contributed by atoms with Gasteiger partial charge in [-0.1, -0.05) is 102 Å². The number of aryl methyl sites for hydroxylation is 1. The molecule has 0 aliphatic rings. The zero-order chi connectivity index (χ0) is 27.6. The number of aliphatic carboxylic acids is 1. The van der Waals surface area contributed by atoms with Crippen molar-refractivity contribution >= 4 is 17.8 Å². The van der Waals surface area contributed by atoms with Gasteiger partial charge in [-0.05, 0) is 47.9 Å². The highest BCUT2D eigenvalue weighted by molar-refractivity contribution is 6.00. The highest BCUT2D eigenvalue weighted by Gasteiger charge is 2.34. The van der Waals surface area contributed by atoms with Crippen molar-refractivity contribution in [2.45, 2.75) is 32.2 Å². The molecule has 4 aromatic rings. The van der Waals surface area contributed by atoms with Gasteiger partial charge in [0.2, 0.25) is 11.8 Å². The smallest absolute Gasteiger partial charge is 0.327 e. The van der Waals surface area contributed by atoms with Gasteiger partial charge in [-0.3, -0.25) is 14.5 Å². The van der Waals surface area contributed by atoms with E-state index in [0.717, 1.165) is 21.6 Å². The van der Waals surface area contributed by atoms with Gasteiger partial charge in [0.1, 0.15) is 6.04 Å². The minimum absolute atomic E-state index is 0.0118. The molecule has 4 aromatic carbocycles. The highest BCUT2D eigenvalue weighted by Crippen LogP contribution is 2.16. The van der Waals surface area contributed by atoms with Gasteiger partial charge in [-0.25, -0.2) is 4.79 Å². The van der Waals surface area contributed by atoms with Gasteiger partial charge in [0, 0.05) is 17.5 Å². The van der Waals surface area contributed by atoms with Crippen molar-refractivity contribution in [1.29, 1.82) is 0 Å². The zero-order valence-electron chi connectivity index (χ0n) is 21.7. The molecule has 194 valence electrons. The van der Waals surface area contributed by atoms with Crippen LogP contribution in [0.4, 0.5) is 0 Å². The molecular weight excluding hydrogens is 486 g/mol. The van der Waals surface area contributed by atoms with E-state index in [1.54, 1.807) is 60.7 Å². The number of hydrogen-bond donors (Lipinski definition) is 1. The predicted molar refractivity (Wildman–Crippen MR) is 151 cm³/mol. The molecule has 0 saturated carbocycles. The number of nitrogens with zero attached hydrogens (tertiary/aromatic N) is 1. The molecule has 0 fully saturated rings. The summed E-state index contributed by atoms with van der Waals surface area (Å²) in [7, 11) is 0. The number of carbonyl (C=O) groups excluding carboxylic acids is 2. The van der Waals surface area contributed by atoms with Gasteiger partial charge in [0.25, 0.3) is 0 Å². The van der Waals surface area contributed by atoms with Crippen molar-refractivity contribution in [2.24, 2.45) is 0 Å². The van der Waals surface area contributed by atoms with Crippen molar-refractivity contribution in [3.05, 3.63) is 143 Å². The summed E-state index contributed by atoms with van der Waals surface area (Å²) >= 11 is 0. The molecule has 2 amide bonds. The Hall–Kier alpha value is -4.95. The van der Waals surface area contributed by atoms with Crippen molar-refractivity contribution in [3.8, 4) is 11.8 Å². The Morgan fingerprint density at radius 1 is 0.641 bits per heavy atom. The molecule has 0 spiro atoms. The fourth-order valence-electron chi connectivity index (χ4n) is 4.22. The van der Waals surface area contributed by atoms with Crippen molar-refractivity contribution in [2.75, 3.05) is 0 Å². The maximum Gasteiger partial charge on any atom is 0.327 e. The third-order valence-corrected chi connectivity index (χ3v) is 6.32. The topological polar surface area (TPSA) is 74.7 Å². The number of carbonyl (C=O) groups is 3. The summed E-state index contributed by atoms with van der Waals surface area (Å²) in [5.74, 6) is 3.90. The first-order valence-electron chi connectivity index (χ1n) is 12.7. The summed E-state index contributed by atoms with van der Waals surface area (Å²) in [5, 5.41) is 10.2. The molecule has 0 bridgehead atoms. The third kappa shape index (κ3) is 7.77. The summed E-state index contributed by atoms with van der Waals surface area (Å²) < 4.78 is 0. The first-order chi connectivity index (χ1) is 18.9. The number of benzene rings is 4. The molecule has 1 N–H and O–H groups in total. The van der Waals surface area contributed by atoms with Gasteiger partial charge in [0.05, 0.1) is 12.8 Å². The van der Waals surface area contributed by atoms with Crippen LogP contribution < -0.4 is 0 Å². The summed E-state index contributed by atoms with van der Waals surface area (Å²) in [5.41, 5.74) is 4.95. The molecule has 0 aliphatic carbocycles. The normalized spacial score (nSPS) is 11.1. The standard InChI is InChI=1S/C34H29NO4/c1-25-12-14-26(15-13-25)16-17-27-18-20-30(21-19-27)22-31(34(38)39)35(32(36)23-28-8-4-2-5-9-28)33(37)24-29-10-6-3-7-11-29/h2-15,18-21,31H,22-24H2,1H3,(H,38,39)/t31-/m1/s1. The molecule has 39 heavy (non-hydrogen) atoms. The SMILES string of the molecule is Cc1ccc(C#Cc2ccc(C[C@H](C(=O)O)N(C(=O)Cc3ccccc3)C(=O)Cc3ccccc3)cc2)cc1. The minimum atomic E-state index is -1.35. The molecule has 0 aliphatic heterocycles. The van der Waals surface area contributed by atoms with Crippen LogP contribution in [0.5, 0.6) is 0 Å². The monoisotopic (exact) mass is 515 g/mol. The van der Waals surface area contributed by atoms with Crippen LogP contribution in [0.3, 0.4) is 0 Å². The lowest BCUT2D eigenvalue weighted by Gasteiger charge is -2.28. The summed E-state index contributed by atoms with van der Waals surface area (Å²) in [6.07, 6.45) is -0.153. The fourth-order valence-corrected chi connectivity index (χ4v) is 4.22. The van der Waals surface area contributed by atoms with Gasteiger partial charge < -0.3 is 5.11 Å². The second-order valence-electron chi connectivity index (χ2n) is 9.35. The van der Waals surface area contributed by atoms with Gasteiger partial charge in [-0.2, -0.15) is 0 Å². The fraction of sp³-hybridized carbons (Fsp3) is 0.147. The molecule has 0 heterocycles. The Bertz CT molecular complexity index is 1430. The Morgan fingerprint density at radius 3 is 1.51 bits per heavy atom. The van der Waals surface area contributed by atoms with Gasteiger partial charge >= 0.3 is 5.97 Å².